The fourth-order valence-corrected chi connectivity index (χ4v) is 2.48. The van der Waals surface area contributed by atoms with Crippen LogP contribution in [0.5, 0.6) is 0 Å². The molecule has 1 aliphatic carbocycles. The Hall–Kier alpha value is -2.90. The Morgan fingerprint density at radius 3 is 2.00 bits per heavy atom. The smallest absolute Gasteiger partial charge is 0.325 e. The van der Waals surface area contributed by atoms with E-state index in [1.807, 2.05) is 0 Å². The number of hydrogen-bond acceptors (Lipinski definition) is 2. The second-order valence-corrected chi connectivity index (χ2v) is 6.05. The van der Waals surface area contributed by atoms with Crippen molar-refractivity contribution in [2.45, 2.75) is 19.0 Å². The molecule has 0 saturated heterocycles. The van der Waals surface area contributed by atoms with E-state index in [4.69, 9.17) is 0 Å². The van der Waals surface area contributed by atoms with Crippen LogP contribution in [0.1, 0.15) is 18.4 Å². The van der Waals surface area contributed by atoms with Gasteiger partial charge in [-0.25, -0.2) is 4.39 Å². The van der Waals surface area contributed by atoms with Crippen molar-refractivity contribution in [3.63, 3.8) is 0 Å². The molecule has 0 aliphatic heterocycles. The Kier molecular flexibility index (Phi) is 4.43. The molecule has 8 heteroatoms. The fraction of sp³-hybridized carbons (Fsp3) is 0.222. The number of alkyl halides is 3. The van der Waals surface area contributed by atoms with Crippen LogP contribution in [0.15, 0.2) is 48.5 Å². The highest BCUT2D eigenvalue weighted by molar-refractivity contribution is 6.16. The zero-order valence-electron chi connectivity index (χ0n) is 13.4. The number of nitrogens with one attached hydrogen (secondary N) is 2. The second-order valence-electron chi connectivity index (χ2n) is 6.05. The molecule has 1 aliphatic rings. The molecule has 136 valence electrons. The summed E-state index contributed by atoms with van der Waals surface area (Å²) in [5.74, 6) is -1.90. The summed E-state index contributed by atoms with van der Waals surface area (Å²) in [6.45, 7) is 0. The van der Waals surface area contributed by atoms with E-state index in [9.17, 15) is 27.2 Å². The van der Waals surface area contributed by atoms with Gasteiger partial charge in [0.25, 0.3) is 0 Å². The average Bonchev–Trinajstić information content (AvgIpc) is 3.38. The van der Waals surface area contributed by atoms with Gasteiger partial charge in [0.15, 0.2) is 0 Å². The third-order valence-electron chi connectivity index (χ3n) is 4.21. The first kappa shape index (κ1) is 17.9. The van der Waals surface area contributed by atoms with Crippen molar-refractivity contribution in [3.05, 3.63) is 59.9 Å². The van der Waals surface area contributed by atoms with Crippen LogP contribution in [0.25, 0.3) is 0 Å². The van der Waals surface area contributed by atoms with Crippen LogP contribution in [0, 0.1) is 11.2 Å². The molecule has 0 unspecified atom stereocenters. The average molecular weight is 366 g/mol. The molecule has 2 aromatic carbocycles. The number of benzene rings is 2. The maximum absolute atomic E-state index is 13.6. The van der Waals surface area contributed by atoms with Crippen molar-refractivity contribution in [3.8, 4) is 0 Å². The number of halogens is 4. The lowest BCUT2D eigenvalue weighted by Crippen LogP contribution is -2.35. The van der Waals surface area contributed by atoms with Crippen LogP contribution in [-0.4, -0.2) is 11.8 Å². The third kappa shape index (κ3) is 3.54. The molecule has 0 atom stereocenters. The Balaban J connectivity index is 1.69. The maximum atomic E-state index is 13.6. The molecular weight excluding hydrogens is 352 g/mol. The standard InChI is InChI=1S/C18H14F4N2O2/c19-13-3-1-2-4-14(13)24-16(26)17(9-10-17)15(25)23-12-7-5-11(6-8-12)18(20,21)22/h1-8H,9-10H2,(H,23,25)(H,24,26). The van der Waals surface area contributed by atoms with Crippen molar-refractivity contribution in [1.29, 1.82) is 0 Å². The lowest BCUT2D eigenvalue weighted by atomic mass is 10.0. The minimum atomic E-state index is -4.47. The van der Waals surface area contributed by atoms with Crippen molar-refractivity contribution < 1.29 is 27.2 Å². The van der Waals surface area contributed by atoms with Gasteiger partial charge in [0.05, 0.1) is 11.3 Å². The van der Waals surface area contributed by atoms with Crippen LogP contribution >= 0.6 is 0 Å². The second kappa shape index (κ2) is 6.44. The number of anilines is 2. The van der Waals surface area contributed by atoms with E-state index in [0.29, 0.717) is 0 Å². The molecule has 2 aromatic rings. The zero-order valence-corrected chi connectivity index (χ0v) is 13.4. The number of rotatable bonds is 4. The van der Waals surface area contributed by atoms with Crippen LogP contribution < -0.4 is 10.6 Å². The van der Waals surface area contributed by atoms with E-state index < -0.39 is 34.8 Å². The van der Waals surface area contributed by atoms with Crippen LogP contribution in [0.2, 0.25) is 0 Å². The summed E-state index contributed by atoms with van der Waals surface area (Å²) >= 11 is 0. The van der Waals surface area contributed by atoms with E-state index >= 15 is 0 Å². The lowest BCUT2D eigenvalue weighted by Gasteiger charge is -2.16. The summed E-state index contributed by atoms with van der Waals surface area (Å²) < 4.78 is 51.3. The minimum absolute atomic E-state index is 0.0360. The first-order valence-corrected chi connectivity index (χ1v) is 7.77. The van der Waals surface area contributed by atoms with Gasteiger partial charge in [-0.3, -0.25) is 9.59 Å². The summed E-state index contributed by atoms with van der Waals surface area (Å²) in [5, 5.41) is 4.83. The van der Waals surface area contributed by atoms with Crippen LogP contribution in [-0.2, 0) is 15.8 Å². The predicted molar refractivity (Wildman–Crippen MR) is 86.8 cm³/mol. The molecule has 0 aromatic heterocycles. The predicted octanol–water partition coefficient (Wildman–Crippen LogP) is 4.20. The summed E-state index contributed by atoms with van der Waals surface area (Å²) in [5.41, 5.74) is -2.07. The number of amides is 2. The van der Waals surface area contributed by atoms with Gasteiger partial charge in [0.1, 0.15) is 11.2 Å². The molecular formula is C18H14F4N2O2. The Morgan fingerprint density at radius 1 is 0.885 bits per heavy atom. The van der Waals surface area contributed by atoms with Gasteiger partial charge in [-0.05, 0) is 49.2 Å². The molecule has 0 bridgehead atoms. The van der Waals surface area contributed by atoms with E-state index in [2.05, 4.69) is 10.6 Å². The molecule has 0 radical (unpaired) electrons. The number of carbonyl (C=O) groups is 2. The number of hydrogen-bond donors (Lipinski definition) is 2. The van der Waals surface area contributed by atoms with Gasteiger partial charge in [0, 0.05) is 5.69 Å². The SMILES string of the molecule is O=C(Nc1ccc(C(F)(F)F)cc1)C1(C(=O)Nc2ccccc2F)CC1. The highest BCUT2D eigenvalue weighted by Crippen LogP contribution is 2.47. The maximum Gasteiger partial charge on any atom is 0.416 e. The molecule has 1 saturated carbocycles. The molecule has 4 nitrogen and oxygen atoms in total. The first-order chi connectivity index (χ1) is 12.2. The molecule has 2 amide bonds. The van der Waals surface area contributed by atoms with Gasteiger partial charge in [0.2, 0.25) is 11.8 Å². The van der Waals surface area contributed by atoms with Crippen LogP contribution in [0.4, 0.5) is 28.9 Å². The van der Waals surface area contributed by atoms with Crippen molar-refractivity contribution >= 4 is 23.2 Å². The fourth-order valence-electron chi connectivity index (χ4n) is 2.48. The molecule has 1 fully saturated rings. The van der Waals surface area contributed by atoms with Gasteiger partial charge in [-0.2, -0.15) is 13.2 Å². The van der Waals surface area contributed by atoms with Gasteiger partial charge in [-0.15, -0.1) is 0 Å². The van der Waals surface area contributed by atoms with Gasteiger partial charge in [-0.1, -0.05) is 12.1 Å². The van der Waals surface area contributed by atoms with Crippen molar-refractivity contribution in [2.24, 2.45) is 5.41 Å². The molecule has 2 N–H and O–H groups in total. The van der Waals surface area contributed by atoms with Gasteiger partial charge >= 0.3 is 6.18 Å². The molecule has 3 rings (SSSR count). The quantitative estimate of drug-likeness (QED) is 0.629. The number of para-hydroxylation sites is 1. The summed E-state index contributed by atoms with van der Waals surface area (Å²) in [7, 11) is 0. The normalized spacial score (nSPS) is 15.2. The highest BCUT2D eigenvalue weighted by atomic mass is 19.4. The summed E-state index contributed by atoms with van der Waals surface area (Å²) in [4.78, 5) is 24.8. The molecule has 0 spiro atoms. The Bertz CT molecular complexity index is 843. The summed E-state index contributed by atoms with van der Waals surface area (Å²) in [6, 6.07) is 9.48. The zero-order chi connectivity index (χ0) is 18.9. The Labute approximate surface area is 146 Å². The number of carbonyl (C=O) groups excluding carboxylic acids is 2. The highest BCUT2D eigenvalue weighted by Gasteiger charge is 2.56. The monoisotopic (exact) mass is 366 g/mol. The van der Waals surface area contributed by atoms with Crippen molar-refractivity contribution in [1.82, 2.24) is 0 Å². The molecule has 0 heterocycles. The van der Waals surface area contributed by atoms with E-state index in [1.54, 1.807) is 6.07 Å². The van der Waals surface area contributed by atoms with Crippen molar-refractivity contribution in [2.75, 3.05) is 10.6 Å². The topological polar surface area (TPSA) is 58.2 Å². The van der Waals surface area contributed by atoms with E-state index in [1.165, 1.54) is 18.2 Å². The molecule has 26 heavy (non-hydrogen) atoms. The third-order valence-corrected chi connectivity index (χ3v) is 4.21. The lowest BCUT2D eigenvalue weighted by molar-refractivity contribution is -0.137. The largest absolute Gasteiger partial charge is 0.416 e. The van der Waals surface area contributed by atoms with Gasteiger partial charge < -0.3 is 10.6 Å². The van der Waals surface area contributed by atoms with Crippen LogP contribution in [0.3, 0.4) is 0 Å². The minimum Gasteiger partial charge on any atom is -0.325 e. The Morgan fingerprint density at radius 2 is 1.46 bits per heavy atom. The van der Waals surface area contributed by atoms with E-state index in [0.717, 1.165) is 24.3 Å². The first-order valence-electron chi connectivity index (χ1n) is 7.77. The van der Waals surface area contributed by atoms with E-state index in [-0.39, 0.29) is 24.2 Å². The summed E-state index contributed by atoms with van der Waals surface area (Å²) in [6.07, 6.45) is -3.92.